The summed E-state index contributed by atoms with van der Waals surface area (Å²) in [5.74, 6) is -0.549. The van der Waals surface area contributed by atoms with Gasteiger partial charge in [-0.05, 0) is 34.9 Å². The van der Waals surface area contributed by atoms with Gasteiger partial charge in [-0.15, -0.1) is 0 Å². The second kappa shape index (κ2) is 9.26. The largest absolute Gasteiger partial charge is 0.454 e. The van der Waals surface area contributed by atoms with Crippen LogP contribution < -0.4 is 4.74 Å². The molecule has 2 fully saturated rings. The fourth-order valence-electron chi connectivity index (χ4n) is 3.56. The predicted molar refractivity (Wildman–Crippen MR) is 112 cm³/mol. The van der Waals surface area contributed by atoms with Crippen LogP contribution in [0.25, 0.3) is 17.2 Å². The van der Waals surface area contributed by atoms with Crippen molar-refractivity contribution in [3.63, 3.8) is 0 Å². The lowest BCUT2D eigenvalue weighted by Gasteiger charge is -2.15. The minimum Gasteiger partial charge on any atom is -0.454 e. The Balaban J connectivity index is 1.33. The third-order valence-electron chi connectivity index (χ3n) is 5.14. The summed E-state index contributed by atoms with van der Waals surface area (Å²) < 4.78 is 21.4. The lowest BCUT2D eigenvalue weighted by molar-refractivity contribution is -0.147. The normalized spacial score (nSPS) is 24.7. The van der Waals surface area contributed by atoms with E-state index in [4.69, 9.17) is 18.9 Å². The van der Waals surface area contributed by atoms with Crippen molar-refractivity contribution in [3.8, 4) is 16.9 Å². The number of esters is 2. The zero-order valence-electron chi connectivity index (χ0n) is 16.7. The van der Waals surface area contributed by atoms with Crippen molar-refractivity contribution < 1.29 is 33.6 Å². The minimum atomic E-state index is -0.680. The Bertz CT molecular complexity index is 978. The highest BCUT2D eigenvalue weighted by Crippen LogP contribution is 2.29. The van der Waals surface area contributed by atoms with Crippen molar-refractivity contribution in [2.45, 2.75) is 24.4 Å². The number of rotatable bonds is 6. The van der Waals surface area contributed by atoms with E-state index in [0.29, 0.717) is 5.75 Å². The van der Waals surface area contributed by atoms with E-state index >= 15 is 0 Å². The van der Waals surface area contributed by atoms with E-state index in [-0.39, 0.29) is 13.2 Å². The molecule has 7 heteroatoms. The van der Waals surface area contributed by atoms with Gasteiger partial charge in [0.2, 0.25) is 0 Å². The number of hydrogen-bond donors (Lipinski definition) is 1. The average molecular weight is 422 g/mol. The molecule has 4 atom stereocenters. The number of hydrogen-bond acceptors (Lipinski definition) is 7. The van der Waals surface area contributed by atoms with Crippen LogP contribution in [0.5, 0.6) is 5.75 Å². The number of carbonyl (C=O) groups excluding carboxylic acids is 2. The van der Waals surface area contributed by atoms with Gasteiger partial charge in [-0.25, -0.2) is 9.59 Å². The monoisotopic (exact) mass is 422 g/mol. The number of aliphatic hydroxyl groups is 1. The third kappa shape index (κ3) is 4.91. The van der Waals surface area contributed by atoms with Gasteiger partial charge in [-0.2, -0.15) is 0 Å². The van der Waals surface area contributed by atoms with Crippen LogP contribution in [-0.2, 0) is 23.8 Å². The number of fused-ring (bicyclic) bond motifs is 1. The van der Waals surface area contributed by atoms with E-state index in [1.54, 1.807) is 18.2 Å². The lowest BCUT2D eigenvalue weighted by atomic mass is 10.0. The van der Waals surface area contributed by atoms with Gasteiger partial charge in [0, 0.05) is 12.2 Å². The van der Waals surface area contributed by atoms with E-state index in [1.807, 2.05) is 36.4 Å². The van der Waals surface area contributed by atoms with Crippen LogP contribution in [0.4, 0.5) is 0 Å². The molecule has 4 rings (SSSR count). The van der Waals surface area contributed by atoms with Gasteiger partial charge in [0.15, 0.2) is 6.10 Å². The third-order valence-corrected chi connectivity index (χ3v) is 5.14. The molecule has 0 amide bonds. The summed E-state index contributed by atoms with van der Waals surface area (Å²) in [6.45, 7) is 3.77. The molecule has 7 nitrogen and oxygen atoms in total. The van der Waals surface area contributed by atoms with Gasteiger partial charge in [-0.1, -0.05) is 43.0 Å². The zero-order valence-corrected chi connectivity index (χ0v) is 16.7. The van der Waals surface area contributed by atoms with Crippen LogP contribution in [0, 0.1) is 0 Å². The summed E-state index contributed by atoms with van der Waals surface area (Å²) in [6, 6.07) is 14.8. The number of carbonyl (C=O) groups is 2. The SMILES string of the molecule is C=CC(=O)Oc1ccc(-c2ccc(/C=C/C(=O)O[C@@H]3CO[C@H]4[C@@H]3OC[C@@H]4O)cc2)cc1. The summed E-state index contributed by atoms with van der Waals surface area (Å²) in [7, 11) is 0. The van der Waals surface area contributed by atoms with Crippen LogP contribution in [0.1, 0.15) is 5.56 Å². The molecule has 1 N–H and O–H groups in total. The predicted octanol–water partition coefficient (Wildman–Crippen LogP) is 2.53. The molecule has 160 valence electrons. The molecular formula is C24H22O7. The maximum atomic E-state index is 12.1. The van der Waals surface area contributed by atoms with Crippen LogP contribution >= 0.6 is 0 Å². The smallest absolute Gasteiger partial charge is 0.335 e. The Morgan fingerprint density at radius 2 is 1.58 bits per heavy atom. The average Bonchev–Trinajstić information content (AvgIpc) is 3.36. The van der Waals surface area contributed by atoms with Crippen molar-refractivity contribution in [1.82, 2.24) is 0 Å². The van der Waals surface area contributed by atoms with Crippen molar-refractivity contribution in [2.24, 2.45) is 0 Å². The molecule has 2 saturated heterocycles. The Labute approximate surface area is 179 Å². The topological polar surface area (TPSA) is 91.3 Å². The summed E-state index contributed by atoms with van der Waals surface area (Å²) >= 11 is 0. The molecule has 0 radical (unpaired) electrons. The van der Waals surface area contributed by atoms with Gasteiger partial charge in [0.25, 0.3) is 0 Å². The first-order valence-corrected chi connectivity index (χ1v) is 9.88. The molecule has 31 heavy (non-hydrogen) atoms. The van der Waals surface area contributed by atoms with Crippen molar-refractivity contribution in [1.29, 1.82) is 0 Å². The maximum absolute atomic E-state index is 12.1. The van der Waals surface area contributed by atoms with Gasteiger partial charge in [0.1, 0.15) is 24.1 Å². The van der Waals surface area contributed by atoms with E-state index < -0.39 is 36.4 Å². The highest BCUT2D eigenvalue weighted by atomic mass is 16.6. The highest BCUT2D eigenvalue weighted by molar-refractivity contribution is 5.87. The van der Waals surface area contributed by atoms with Gasteiger partial charge in [-0.3, -0.25) is 0 Å². The molecule has 2 aliphatic heterocycles. The molecule has 2 aliphatic rings. The quantitative estimate of drug-likeness (QED) is 0.435. The molecule has 0 aromatic heterocycles. The van der Waals surface area contributed by atoms with E-state index in [2.05, 4.69) is 6.58 Å². The number of ether oxygens (including phenoxy) is 4. The Kier molecular flexibility index (Phi) is 6.27. The molecule has 2 aromatic carbocycles. The van der Waals surface area contributed by atoms with Crippen molar-refractivity contribution >= 4 is 18.0 Å². The molecule has 2 heterocycles. The second-order valence-corrected chi connectivity index (χ2v) is 7.24. The van der Waals surface area contributed by atoms with E-state index in [9.17, 15) is 14.7 Å². The second-order valence-electron chi connectivity index (χ2n) is 7.24. The van der Waals surface area contributed by atoms with E-state index in [0.717, 1.165) is 22.8 Å². The van der Waals surface area contributed by atoms with Crippen LogP contribution in [0.15, 0.2) is 67.3 Å². The first-order valence-electron chi connectivity index (χ1n) is 9.88. The van der Waals surface area contributed by atoms with Gasteiger partial charge >= 0.3 is 11.9 Å². The van der Waals surface area contributed by atoms with Gasteiger partial charge in [0.05, 0.1) is 13.2 Å². The number of aliphatic hydroxyl groups excluding tert-OH is 1. The summed E-state index contributed by atoms with van der Waals surface area (Å²) in [5, 5.41) is 9.74. The molecule has 0 spiro atoms. The zero-order chi connectivity index (χ0) is 21.8. The summed E-state index contributed by atoms with van der Waals surface area (Å²) in [6.07, 6.45) is 2.09. The van der Waals surface area contributed by atoms with Crippen LogP contribution in [0.3, 0.4) is 0 Å². The maximum Gasteiger partial charge on any atom is 0.335 e. The lowest BCUT2D eigenvalue weighted by Crippen LogP contribution is -2.33. The summed E-state index contributed by atoms with van der Waals surface area (Å²) in [5.41, 5.74) is 2.78. The molecule has 0 unspecified atom stereocenters. The first-order chi connectivity index (χ1) is 15.0. The number of benzene rings is 2. The molecule has 0 bridgehead atoms. The fourth-order valence-corrected chi connectivity index (χ4v) is 3.56. The van der Waals surface area contributed by atoms with E-state index in [1.165, 1.54) is 6.08 Å². The molecule has 2 aromatic rings. The van der Waals surface area contributed by atoms with Crippen molar-refractivity contribution in [3.05, 3.63) is 72.8 Å². The molecule has 0 aliphatic carbocycles. The highest BCUT2D eigenvalue weighted by Gasteiger charge is 2.48. The van der Waals surface area contributed by atoms with Crippen LogP contribution in [0.2, 0.25) is 0 Å². The minimum absolute atomic E-state index is 0.189. The molecule has 0 saturated carbocycles. The fraction of sp³-hybridized carbons (Fsp3) is 0.250. The Morgan fingerprint density at radius 3 is 2.26 bits per heavy atom. The van der Waals surface area contributed by atoms with Crippen molar-refractivity contribution in [2.75, 3.05) is 13.2 Å². The first kappa shape index (κ1) is 21.0. The summed E-state index contributed by atoms with van der Waals surface area (Å²) in [4.78, 5) is 23.4. The molecular weight excluding hydrogens is 400 g/mol. The van der Waals surface area contributed by atoms with Crippen LogP contribution in [-0.4, -0.2) is 54.7 Å². The standard InChI is InChI=1S/C24H22O7/c1-2-21(26)30-18-10-8-17(9-11-18)16-6-3-15(4-7-16)5-12-22(27)31-20-14-29-23-19(25)13-28-24(20)23/h2-12,19-20,23-25H,1,13-14H2/b12-5+/t19-,20+,23+,24+/m0/s1. The Morgan fingerprint density at radius 1 is 0.935 bits per heavy atom. The Hall–Kier alpha value is -3.26. The van der Waals surface area contributed by atoms with Gasteiger partial charge < -0.3 is 24.1 Å².